The molecule has 116 valence electrons. The standard InChI is InChI=1S/C14H20N2O4S/c17-9-7-12-6-8-16(11-12)14(18)10-15-21(19,20)13-4-2-1-3-5-13/h1-5,12,15,17H,6-11H2. The van der Waals surface area contributed by atoms with Crippen molar-refractivity contribution < 1.29 is 18.3 Å². The largest absolute Gasteiger partial charge is 0.396 e. The molecule has 0 aliphatic carbocycles. The molecule has 1 heterocycles. The molecule has 1 fully saturated rings. The SMILES string of the molecule is O=C(CNS(=O)(=O)c1ccccc1)N1CCC(CCO)C1. The van der Waals surface area contributed by atoms with Gasteiger partial charge in [-0.05, 0) is 30.9 Å². The lowest BCUT2D eigenvalue weighted by atomic mass is 10.1. The van der Waals surface area contributed by atoms with E-state index in [9.17, 15) is 13.2 Å². The van der Waals surface area contributed by atoms with Crippen LogP contribution in [0.3, 0.4) is 0 Å². The normalized spacial score (nSPS) is 18.9. The van der Waals surface area contributed by atoms with Gasteiger partial charge in [0.15, 0.2) is 0 Å². The Morgan fingerprint density at radius 2 is 2.05 bits per heavy atom. The van der Waals surface area contributed by atoms with Gasteiger partial charge in [0, 0.05) is 19.7 Å². The van der Waals surface area contributed by atoms with Gasteiger partial charge in [-0.15, -0.1) is 0 Å². The van der Waals surface area contributed by atoms with Gasteiger partial charge in [0.25, 0.3) is 0 Å². The van der Waals surface area contributed by atoms with E-state index in [4.69, 9.17) is 5.11 Å². The van der Waals surface area contributed by atoms with Crippen LogP contribution < -0.4 is 4.72 Å². The molecule has 2 rings (SSSR count). The average Bonchev–Trinajstić information content (AvgIpc) is 2.95. The van der Waals surface area contributed by atoms with Gasteiger partial charge >= 0.3 is 0 Å². The minimum atomic E-state index is -3.65. The molecule has 0 radical (unpaired) electrons. The van der Waals surface area contributed by atoms with Crippen molar-refractivity contribution in [1.82, 2.24) is 9.62 Å². The first-order valence-corrected chi connectivity index (χ1v) is 8.44. The summed E-state index contributed by atoms with van der Waals surface area (Å²) >= 11 is 0. The molecule has 6 nitrogen and oxygen atoms in total. The lowest BCUT2D eigenvalue weighted by Crippen LogP contribution is -2.39. The van der Waals surface area contributed by atoms with E-state index in [2.05, 4.69) is 4.72 Å². The molecule has 0 saturated carbocycles. The Balaban J connectivity index is 1.87. The number of carbonyl (C=O) groups is 1. The first-order valence-electron chi connectivity index (χ1n) is 6.96. The number of likely N-dealkylation sites (tertiary alicyclic amines) is 1. The van der Waals surface area contributed by atoms with E-state index in [1.54, 1.807) is 23.1 Å². The number of amides is 1. The number of sulfonamides is 1. The Labute approximate surface area is 124 Å². The number of carbonyl (C=O) groups excluding carboxylic acids is 1. The topological polar surface area (TPSA) is 86.7 Å². The Morgan fingerprint density at radius 1 is 1.33 bits per heavy atom. The zero-order chi connectivity index (χ0) is 15.3. The monoisotopic (exact) mass is 312 g/mol. The number of nitrogens with one attached hydrogen (secondary N) is 1. The van der Waals surface area contributed by atoms with Crippen LogP contribution in [0.1, 0.15) is 12.8 Å². The van der Waals surface area contributed by atoms with Crippen LogP contribution in [0.25, 0.3) is 0 Å². The first kappa shape index (κ1) is 15.9. The fraction of sp³-hybridized carbons (Fsp3) is 0.500. The second kappa shape index (κ2) is 7.02. The summed E-state index contributed by atoms with van der Waals surface area (Å²) in [7, 11) is -3.65. The number of nitrogens with zero attached hydrogens (tertiary/aromatic N) is 1. The second-order valence-electron chi connectivity index (χ2n) is 5.14. The highest BCUT2D eigenvalue weighted by Gasteiger charge is 2.26. The minimum Gasteiger partial charge on any atom is -0.396 e. The zero-order valence-corrected chi connectivity index (χ0v) is 12.6. The van der Waals surface area contributed by atoms with Crippen molar-refractivity contribution in [2.45, 2.75) is 17.7 Å². The highest BCUT2D eigenvalue weighted by molar-refractivity contribution is 7.89. The molecule has 1 aromatic rings. The molecule has 0 bridgehead atoms. The molecule has 1 amide bonds. The molecule has 1 aromatic carbocycles. The number of hydrogen-bond acceptors (Lipinski definition) is 4. The van der Waals surface area contributed by atoms with Gasteiger partial charge in [-0.25, -0.2) is 13.1 Å². The number of benzene rings is 1. The van der Waals surface area contributed by atoms with Gasteiger partial charge < -0.3 is 10.0 Å². The summed E-state index contributed by atoms with van der Waals surface area (Å²) in [5.41, 5.74) is 0. The third kappa shape index (κ3) is 4.26. The molecule has 21 heavy (non-hydrogen) atoms. The fourth-order valence-electron chi connectivity index (χ4n) is 2.43. The molecule has 1 atom stereocenters. The third-order valence-corrected chi connectivity index (χ3v) is 5.06. The molecule has 7 heteroatoms. The van der Waals surface area contributed by atoms with E-state index in [-0.39, 0.29) is 24.0 Å². The summed E-state index contributed by atoms with van der Waals surface area (Å²) in [4.78, 5) is 13.8. The summed E-state index contributed by atoms with van der Waals surface area (Å²) < 4.78 is 26.3. The number of rotatable bonds is 6. The van der Waals surface area contributed by atoms with E-state index >= 15 is 0 Å². The molecule has 1 aliphatic heterocycles. The highest BCUT2D eigenvalue weighted by atomic mass is 32.2. The van der Waals surface area contributed by atoms with Crippen molar-refractivity contribution in [2.24, 2.45) is 5.92 Å². The van der Waals surface area contributed by atoms with Gasteiger partial charge in [-0.3, -0.25) is 4.79 Å². The zero-order valence-electron chi connectivity index (χ0n) is 11.7. The van der Waals surface area contributed by atoms with Crippen LogP contribution in [-0.4, -0.2) is 50.6 Å². The second-order valence-corrected chi connectivity index (χ2v) is 6.91. The van der Waals surface area contributed by atoms with E-state index < -0.39 is 10.0 Å². The summed E-state index contributed by atoms with van der Waals surface area (Å²) in [5, 5.41) is 8.89. The Bertz CT molecular complexity index is 574. The van der Waals surface area contributed by atoms with Gasteiger partial charge in [0.1, 0.15) is 0 Å². The number of aliphatic hydroxyl groups excluding tert-OH is 1. The molecule has 1 saturated heterocycles. The summed E-state index contributed by atoms with van der Waals surface area (Å²) in [6, 6.07) is 7.97. The van der Waals surface area contributed by atoms with E-state index in [0.717, 1.165) is 6.42 Å². The molecule has 0 aromatic heterocycles. The Hall–Kier alpha value is -1.44. The molecule has 0 spiro atoms. The van der Waals surface area contributed by atoms with E-state index in [0.29, 0.717) is 25.4 Å². The van der Waals surface area contributed by atoms with E-state index in [1.807, 2.05) is 0 Å². The molecular formula is C14H20N2O4S. The molecule has 2 N–H and O–H groups in total. The van der Waals surface area contributed by atoms with Crippen LogP contribution in [-0.2, 0) is 14.8 Å². The van der Waals surface area contributed by atoms with Gasteiger partial charge in [0.2, 0.25) is 15.9 Å². The van der Waals surface area contributed by atoms with Crippen LogP contribution >= 0.6 is 0 Å². The van der Waals surface area contributed by atoms with Gasteiger partial charge in [-0.2, -0.15) is 0 Å². The van der Waals surface area contributed by atoms with Crippen LogP contribution in [0.2, 0.25) is 0 Å². The third-order valence-electron chi connectivity index (χ3n) is 3.64. The fourth-order valence-corrected chi connectivity index (χ4v) is 3.42. The van der Waals surface area contributed by atoms with Crippen LogP contribution in [0.5, 0.6) is 0 Å². The van der Waals surface area contributed by atoms with Crippen molar-refractivity contribution in [3.63, 3.8) is 0 Å². The lowest BCUT2D eigenvalue weighted by Gasteiger charge is -2.16. The Morgan fingerprint density at radius 3 is 2.71 bits per heavy atom. The molecule has 1 unspecified atom stereocenters. The quantitative estimate of drug-likeness (QED) is 0.785. The average molecular weight is 312 g/mol. The maximum absolute atomic E-state index is 12.0. The van der Waals surface area contributed by atoms with Crippen LogP contribution in [0.15, 0.2) is 35.2 Å². The first-order chi connectivity index (χ1) is 10.0. The highest BCUT2D eigenvalue weighted by Crippen LogP contribution is 2.19. The van der Waals surface area contributed by atoms with Crippen molar-refractivity contribution in [3.05, 3.63) is 30.3 Å². The molecular weight excluding hydrogens is 292 g/mol. The predicted molar refractivity (Wildman–Crippen MR) is 78.0 cm³/mol. The Kier molecular flexibility index (Phi) is 5.33. The molecule has 1 aliphatic rings. The summed E-state index contributed by atoms with van der Waals surface area (Å²) in [5.74, 6) is 0.0830. The van der Waals surface area contributed by atoms with Crippen LogP contribution in [0, 0.1) is 5.92 Å². The maximum atomic E-state index is 12.0. The van der Waals surface area contributed by atoms with Crippen LogP contribution in [0.4, 0.5) is 0 Å². The van der Waals surface area contributed by atoms with Crippen molar-refractivity contribution in [3.8, 4) is 0 Å². The smallest absolute Gasteiger partial charge is 0.241 e. The maximum Gasteiger partial charge on any atom is 0.241 e. The minimum absolute atomic E-state index is 0.118. The number of hydrogen-bond donors (Lipinski definition) is 2. The van der Waals surface area contributed by atoms with Crippen molar-refractivity contribution >= 4 is 15.9 Å². The summed E-state index contributed by atoms with van der Waals surface area (Å²) in [6.07, 6.45) is 1.54. The summed E-state index contributed by atoms with van der Waals surface area (Å²) in [6.45, 7) is 1.10. The van der Waals surface area contributed by atoms with Gasteiger partial charge in [0.05, 0.1) is 11.4 Å². The lowest BCUT2D eigenvalue weighted by molar-refractivity contribution is -0.129. The van der Waals surface area contributed by atoms with E-state index in [1.165, 1.54) is 12.1 Å². The number of aliphatic hydroxyl groups is 1. The predicted octanol–water partition coefficient (Wildman–Crippen LogP) is 0.196. The van der Waals surface area contributed by atoms with Crippen molar-refractivity contribution in [2.75, 3.05) is 26.2 Å². The van der Waals surface area contributed by atoms with Gasteiger partial charge in [-0.1, -0.05) is 18.2 Å². The van der Waals surface area contributed by atoms with Crippen molar-refractivity contribution in [1.29, 1.82) is 0 Å².